The summed E-state index contributed by atoms with van der Waals surface area (Å²) in [5.74, 6) is 0.850. The van der Waals surface area contributed by atoms with Crippen molar-refractivity contribution >= 4 is 29.9 Å². The zero-order valence-electron chi connectivity index (χ0n) is 12.6. The topological polar surface area (TPSA) is 45.7 Å². The van der Waals surface area contributed by atoms with Gasteiger partial charge >= 0.3 is 0 Å². The lowest BCUT2D eigenvalue weighted by Crippen LogP contribution is -2.44. The molecular weight excluding hydrogens is 365 g/mol. The molecule has 0 bridgehead atoms. The highest BCUT2D eigenvalue weighted by molar-refractivity contribution is 14.0. The van der Waals surface area contributed by atoms with Crippen LogP contribution in [-0.4, -0.2) is 38.8 Å². The van der Waals surface area contributed by atoms with Gasteiger partial charge in [0, 0.05) is 26.2 Å². The highest BCUT2D eigenvalue weighted by Crippen LogP contribution is 1.99. The van der Waals surface area contributed by atoms with Crippen LogP contribution in [0.1, 0.15) is 19.4 Å². The van der Waals surface area contributed by atoms with Gasteiger partial charge in [-0.1, -0.05) is 30.3 Å². The van der Waals surface area contributed by atoms with Gasteiger partial charge in [0.25, 0.3) is 0 Å². The van der Waals surface area contributed by atoms with Gasteiger partial charge in [0.05, 0.1) is 6.61 Å². The van der Waals surface area contributed by atoms with Gasteiger partial charge in [0.15, 0.2) is 5.96 Å². The number of aliphatic imine (C=N–C) groups is 1. The van der Waals surface area contributed by atoms with Crippen LogP contribution in [0.4, 0.5) is 0 Å². The number of ether oxygens (including phenoxy) is 1. The monoisotopic (exact) mass is 391 g/mol. The van der Waals surface area contributed by atoms with Gasteiger partial charge in [-0.25, -0.2) is 0 Å². The van der Waals surface area contributed by atoms with Crippen LogP contribution in [0.3, 0.4) is 0 Å². The average molecular weight is 391 g/mol. The molecule has 4 nitrogen and oxygen atoms in total. The fourth-order valence-electron chi connectivity index (χ4n) is 1.79. The minimum absolute atomic E-state index is 0. The lowest BCUT2D eigenvalue weighted by atomic mass is 10.2. The van der Waals surface area contributed by atoms with Crippen LogP contribution >= 0.6 is 24.0 Å². The van der Waals surface area contributed by atoms with Gasteiger partial charge in [-0.05, 0) is 25.8 Å². The summed E-state index contributed by atoms with van der Waals surface area (Å²) in [6, 6.07) is 10.7. The minimum Gasteiger partial charge on any atom is -0.383 e. The highest BCUT2D eigenvalue weighted by Gasteiger charge is 2.03. The molecule has 0 aromatic heterocycles. The Bertz CT molecular complexity index is 371. The zero-order valence-corrected chi connectivity index (χ0v) is 14.9. The van der Waals surface area contributed by atoms with E-state index in [9.17, 15) is 0 Å². The fourth-order valence-corrected chi connectivity index (χ4v) is 1.79. The van der Waals surface area contributed by atoms with Crippen molar-refractivity contribution in [3.05, 3.63) is 35.9 Å². The Balaban J connectivity index is 0.00000361. The number of methoxy groups -OCH3 is 1. The van der Waals surface area contributed by atoms with Crippen LogP contribution in [0.25, 0.3) is 0 Å². The van der Waals surface area contributed by atoms with Crippen molar-refractivity contribution < 1.29 is 4.74 Å². The Morgan fingerprint density at radius 1 is 1.30 bits per heavy atom. The van der Waals surface area contributed by atoms with Gasteiger partial charge in [0.2, 0.25) is 0 Å². The Morgan fingerprint density at radius 2 is 2.00 bits per heavy atom. The number of nitrogens with one attached hydrogen (secondary N) is 2. The molecule has 1 atom stereocenters. The van der Waals surface area contributed by atoms with Gasteiger partial charge < -0.3 is 15.4 Å². The van der Waals surface area contributed by atoms with E-state index in [0.29, 0.717) is 6.61 Å². The van der Waals surface area contributed by atoms with Gasteiger partial charge in [-0.2, -0.15) is 0 Å². The number of halogens is 1. The van der Waals surface area contributed by atoms with Crippen molar-refractivity contribution in [1.29, 1.82) is 0 Å². The largest absolute Gasteiger partial charge is 0.383 e. The maximum Gasteiger partial charge on any atom is 0.191 e. The first-order chi connectivity index (χ1) is 9.26. The SMILES string of the molecule is CCNC(=NCCc1ccccc1)NC(C)COC.I. The molecule has 0 heterocycles. The van der Waals surface area contributed by atoms with Crippen LogP contribution in [0.15, 0.2) is 35.3 Å². The number of nitrogens with zero attached hydrogens (tertiary/aromatic N) is 1. The van der Waals surface area contributed by atoms with E-state index in [1.165, 1.54) is 5.56 Å². The molecule has 0 fully saturated rings. The third kappa shape index (κ3) is 8.37. The first-order valence-corrected chi connectivity index (χ1v) is 6.84. The number of hydrogen-bond donors (Lipinski definition) is 2. The van der Waals surface area contributed by atoms with Crippen molar-refractivity contribution in [2.75, 3.05) is 26.8 Å². The van der Waals surface area contributed by atoms with E-state index in [2.05, 4.69) is 53.7 Å². The molecule has 1 aromatic rings. The second-order valence-corrected chi connectivity index (χ2v) is 4.50. The van der Waals surface area contributed by atoms with Crippen LogP contribution < -0.4 is 10.6 Å². The smallest absolute Gasteiger partial charge is 0.191 e. The molecule has 0 saturated heterocycles. The summed E-state index contributed by atoms with van der Waals surface area (Å²) in [7, 11) is 1.71. The summed E-state index contributed by atoms with van der Waals surface area (Å²) < 4.78 is 5.11. The molecule has 1 aromatic carbocycles. The Kier molecular flexibility index (Phi) is 11.5. The number of benzene rings is 1. The summed E-state index contributed by atoms with van der Waals surface area (Å²) in [6.45, 7) is 6.45. The molecule has 1 unspecified atom stereocenters. The lowest BCUT2D eigenvalue weighted by Gasteiger charge is -2.16. The van der Waals surface area contributed by atoms with E-state index in [0.717, 1.165) is 25.5 Å². The molecule has 0 amide bonds. The molecule has 0 saturated carbocycles. The first-order valence-electron chi connectivity index (χ1n) is 6.84. The molecule has 0 aliphatic heterocycles. The van der Waals surface area contributed by atoms with E-state index < -0.39 is 0 Å². The average Bonchev–Trinajstić information content (AvgIpc) is 2.40. The van der Waals surface area contributed by atoms with E-state index in [-0.39, 0.29) is 30.0 Å². The normalized spacial score (nSPS) is 12.4. The summed E-state index contributed by atoms with van der Waals surface area (Å²) in [5.41, 5.74) is 1.31. The van der Waals surface area contributed by atoms with Gasteiger partial charge in [-0.3, -0.25) is 4.99 Å². The molecule has 5 heteroatoms. The van der Waals surface area contributed by atoms with E-state index in [1.54, 1.807) is 7.11 Å². The lowest BCUT2D eigenvalue weighted by molar-refractivity contribution is 0.179. The maximum absolute atomic E-state index is 5.11. The summed E-state index contributed by atoms with van der Waals surface area (Å²) >= 11 is 0. The maximum atomic E-state index is 5.11. The van der Waals surface area contributed by atoms with Crippen LogP contribution in [0.2, 0.25) is 0 Å². The molecule has 0 radical (unpaired) electrons. The Labute approximate surface area is 139 Å². The van der Waals surface area contributed by atoms with Crippen molar-refractivity contribution in [3.63, 3.8) is 0 Å². The molecular formula is C15H26IN3O. The molecule has 0 aliphatic rings. The van der Waals surface area contributed by atoms with Gasteiger partial charge in [-0.15, -0.1) is 24.0 Å². The first kappa shape index (κ1) is 19.2. The summed E-state index contributed by atoms with van der Waals surface area (Å²) in [5, 5.41) is 6.56. The molecule has 0 aliphatic carbocycles. The predicted octanol–water partition coefficient (Wildman–Crippen LogP) is 2.44. The molecule has 20 heavy (non-hydrogen) atoms. The second-order valence-electron chi connectivity index (χ2n) is 4.50. The summed E-state index contributed by atoms with van der Waals surface area (Å²) in [4.78, 5) is 4.57. The third-order valence-corrected chi connectivity index (χ3v) is 2.66. The molecule has 1 rings (SSSR count). The number of rotatable bonds is 7. The van der Waals surface area contributed by atoms with Crippen molar-refractivity contribution in [2.45, 2.75) is 26.3 Å². The van der Waals surface area contributed by atoms with E-state index in [1.807, 2.05) is 6.07 Å². The van der Waals surface area contributed by atoms with Crippen molar-refractivity contribution in [3.8, 4) is 0 Å². The van der Waals surface area contributed by atoms with Crippen LogP contribution in [0, 0.1) is 0 Å². The van der Waals surface area contributed by atoms with Crippen molar-refractivity contribution in [2.24, 2.45) is 4.99 Å². The van der Waals surface area contributed by atoms with Crippen LogP contribution in [-0.2, 0) is 11.2 Å². The Hall–Kier alpha value is -0.820. The fraction of sp³-hybridized carbons (Fsp3) is 0.533. The van der Waals surface area contributed by atoms with E-state index in [4.69, 9.17) is 4.74 Å². The third-order valence-electron chi connectivity index (χ3n) is 2.66. The number of hydrogen-bond acceptors (Lipinski definition) is 2. The van der Waals surface area contributed by atoms with Crippen molar-refractivity contribution in [1.82, 2.24) is 10.6 Å². The summed E-state index contributed by atoms with van der Waals surface area (Å²) in [6.07, 6.45) is 0.954. The quantitative estimate of drug-likeness (QED) is 0.427. The van der Waals surface area contributed by atoms with Crippen LogP contribution in [0.5, 0.6) is 0 Å². The van der Waals surface area contributed by atoms with Gasteiger partial charge in [0.1, 0.15) is 0 Å². The molecule has 114 valence electrons. The zero-order chi connectivity index (χ0) is 13.9. The second kappa shape index (κ2) is 12.0. The highest BCUT2D eigenvalue weighted by atomic mass is 127. The number of guanidine groups is 1. The Morgan fingerprint density at radius 3 is 2.60 bits per heavy atom. The van der Waals surface area contributed by atoms with E-state index >= 15 is 0 Å². The standard InChI is InChI=1S/C15H25N3O.HI/c1-4-16-15(18-13(2)12-19-3)17-11-10-14-8-6-5-7-9-14;/h5-9,13H,4,10-12H2,1-3H3,(H2,16,17,18);1H. The minimum atomic E-state index is 0. The molecule has 2 N–H and O–H groups in total. The predicted molar refractivity (Wildman–Crippen MR) is 96.0 cm³/mol. The molecule has 0 spiro atoms.